The molecule has 0 bridgehead atoms. The Kier molecular flexibility index (Phi) is 5.07. The number of unbranched alkanes of at least 4 members (excludes halogenated alkanes) is 1. The van der Waals surface area contributed by atoms with Crippen molar-refractivity contribution in [3.8, 4) is 0 Å². The third kappa shape index (κ3) is 4.22. The fraction of sp³-hybridized carbons (Fsp3) is 0.714. The Hall–Kier alpha value is -1.53. The van der Waals surface area contributed by atoms with Gasteiger partial charge < -0.3 is 0 Å². The molecule has 0 atom stereocenters. The first-order valence-electron chi connectivity index (χ1n) is 6.91. The molecule has 1 aromatic rings. The summed E-state index contributed by atoms with van der Waals surface area (Å²) in [5.41, 5.74) is 0.628. The SMILES string of the molecule is CCCCn1c(=NC(=O)C(F)(F)F)cc(C(C)(C)C)n1C. The molecule has 0 aliphatic heterocycles. The summed E-state index contributed by atoms with van der Waals surface area (Å²) >= 11 is 0. The molecule has 0 saturated carbocycles. The van der Waals surface area contributed by atoms with Crippen LogP contribution < -0.4 is 5.49 Å². The number of alkyl halides is 3. The van der Waals surface area contributed by atoms with Gasteiger partial charge in [-0.05, 0) is 6.42 Å². The van der Waals surface area contributed by atoms with Crippen molar-refractivity contribution in [3.63, 3.8) is 0 Å². The summed E-state index contributed by atoms with van der Waals surface area (Å²) in [4.78, 5) is 14.4. The standard InChI is InChI=1S/C14H22F3N3O/c1-6-7-8-20-11(18-12(21)14(15,16)17)9-10(19(20)5)13(2,3)4/h9H,6-8H2,1-5H3. The van der Waals surface area contributed by atoms with Crippen LogP contribution in [0, 0.1) is 0 Å². The van der Waals surface area contributed by atoms with Crippen molar-refractivity contribution in [1.29, 1.82) is 0 Å². The van der Waals surface area contributed by atoms with E-state index in [2.05, 4.69) is 4.99 Å². The molecule has 21 heavy (non-hydrogen) atoms. The molecule has 0 saturated heterocycles. The van der Waals surface area contributed by atoms with Crippen LogP contribution in [0.25, 0.3) is 0 Å². The van der Waals surface area contributed by atoms with Crippen LogP contribution in [0.2, 0.25) is 0 Å². The highest BCUT2D eigenvalue weighted by molar-refractivity contribution is 5.82. The Balaban J connectivity index is 3.43. The maximum absolute atomic E-state index is 12.4. The van der Waals surface area contributed by atoms with Crippen LogP contribution in [0.15, 0.2) is 11.1 Å². The highest BCUT2D eigenvalue weighted by Crippen LogP contribution is 2.21. The molecular formula is C14H22F3N3O. The summed E-state index contributed by atoms with van der Waals surface area (Å²) in [7, 11) is 1.77. The number of hydrogen-bond acceptors (Lipinski definition) is 1. The second-order valence-electron chi connectivity index (χ2n) is 6.05. The Morgan fingerprint density at radius 2 is 1.86 bits per heavy atom. The van der Waals surface area contributed by atoms with E-state index in [0.29, 0.717) is 6.54 Å². The smallest absolute Gasteiger partial charge is 0.291 e. The van der Waals surface area contributed by atoms with Gasteiger partial charge in [0.2, 0.25) is 0 Å². The van der Waals surface area contributed by atoms with Crippen LogP contribution in [0.4, 0.5) is 13.2 Å². The molecule has 0 N–H and O–H groups in total. The van der Waals surface area contributed by atoms with E-state index >= 15 is 0 Å². The van der Waals surface area contributed by atoms with Crippen molar-refractivity contribution in [2.75, 3.05) is 0 Å². The minimum Gasteiger partial charge on any atom is -0.291 e. The average Bonchev–Trinajstić information content (AvgIpc) is 2.62. The van der Waals surface area contributed by atoms with Crippen LogP contribution in [0.5, 0.6) is 0 Å². The third-order valence-corrected chi connectivity index (χ3v) is 3.19. The van der Waals surface area contributed by atoms with E-state index in [-0.39, 0.29) is 10.9 Å². The fourth-order valence-electron chi connectivity index (χ4n) is 2.11. The van der Waals surface area contributed by atoms with Crippen molar-refractivity contribution in [2.45, 2.75) is 58.7 Å². The van der Waals surface area contributed by atoms with Gasteiger partial charge in [0.05, 0.1) is 0 Å². The van der Waals surface area contributed by atoms with Crippen LogP contribution in [-0.2, 0) is 23.8 Å². The molecule has 1 aromatic heterocycles. The minimum absolute atomic E-state index is 0.0539. The van der Waals surface area contributed by atoms with Gasteiger partial charge in [-0.1, -0.05) is 34.1 Å². The van der Waals surface area contributed by atoms with Gasteiger partial charge >= 0.3 is 12.1 Å². The molecule has 0 fully saturated rings. The summed E-state index contributed by atoms with van der Waals surface area (Å²) in [5.74, 6) is -2.07. The largest absolute Gasteiger partial charge is 0.473 e. The summed E-state index contributed by atoms with van der Waals surface area (Å²) in [5, 5.41) is 0. The van der Waals surface area contributed by atoms with E-state index < -0.39 is 12.1 Å². The number of aromatic nitrogens is 2. The zero-order valence-electron chi connectivity index (χ0n) is 13.1. The zero-order valence-corrected chi connectivity index (χ0v) is 13.1. The second kappa shape index (κ2) is 6.07. The van der Waals surface area contributed by atoms with E-state index in [9.17, 15) is 18.0 Å². The summed E-state index contributed by atoms with van der Waals surface area (Å²) in [6.45, 7) is 8.39. The van der Waals surface area contributed by atoms with Gasteiger partial charge in [0.15, 0.2) is 5.49 Å². The topological polar surface area (TPSA) is 39.3 Å². The van der Waals surface area contributed by atoms with Crippen LogP contribution >= 0.6 is 0 Å². The van der Waals surface area contributed by atoms with Crippen molar-refractivity contribution in [3.05, 3.63) is 17.2 Å². The lowest BCUT2D eigenvalue weighted by Crippen LogP contribution is -2.28. The van der Waals surface area contributed by atoms with Crippen molar-refractivity contribution in [1.82, 2.24) is 9.36 Å². The van der Waals surface area contributed by atoms with Crippen LogP contribution in [0.3, 0.4) is 0 Å². The van der Waals surface area contributed by atoms with E-state index in [1.807, 2.05) is 27.7 Å². The molecule has 0 spiro atoms. The first-order chi connectivity index (χ1) is 9.48. The normalized spacial score (nSPS) is 13.8. The molecule has 1 heterocycles. The molecular weight excluding hydrogens is 283 g/mol. The molecule has 120 valence electrons. The number of nitrogens with zero attached hydrogens (tertiary/aromatic N) is 3. The lowest BCUT2D eigenvalue weighted by Gasteiger charge is -2.20. The predicted molar refractivity (Wildman–Crippen MR) is 73.6 cm³/mol. The third-order valence-electron chi connectivity index (χ3n) is 3.19. The first kappa shape index (κ1) is 17.5. The minimum atomic E-state index is -4.94. The molecule has 1 amide bonds. The summed E-state index contributed by atoms with van der Waals surface area (Å²) in [6, 6.07) is 1.55. The first-order valence-corrected chi connectivity index (χ1v) is 6.91. The van der Waals surface area contributed by atoms with Gasteiger partial charge in [-0.25, -0.2) is 0 Å². The van der Waals surface area contributed by atoms with Gasteiger partial charge in [0.25, 0.3) is 0 Å². The molecule has 0 radical (unpaired) electrons. The highest BCUT2D eigenvalue weighted by Gasteiger charge is 2.38. The highest BCUT2D eigenvalue weighted by atomic mass is 19.4. The molecule has 0 aliphatic rings. The van der Waals surface area contributed by atoms with E-state index in [4.69, 9.17) is 0 Å². The van der Waals surface area contributed by atoms with Gasteiger partial charge in [-0.3, -0.25) is 14.2 Å². The van der Waals surface area contributed by atoms with Crippen LogP contribution in [0.1, 0.15) is 46.2 Å². The Morgan fingerprint density at radius 1 is 1.29 bits per heavy atom. The second-order valence-corrected chi connectivity index (χ2v) is 6.05. The summed E-state index contributed by atoms with van der Waals surface area (Å²) < 4.78 is 40.6. The number of carbonyl (C=O) groups excluding carboxylic acids is 1. The molecule has 4 nitrogen and oxygen atoms in total. The summed E-state index contributed by atoms with van der Waals surface area (Å²) in [6.07, 6.45) is -3.25. The quantitative estimate of drug-likeness (QED) is 0.846. The van der Waals surface area contributed by atoms with Gasteiger partial charge in [-0.15, -0.1) is 0 Å². The molecule has 0 unspecified atom stereocenters. The number of rotatable bonds is 3. The van der Waals surface area contributed by atoms with E-state index in [1.54, 1.807) is 22.5 Å². The number of carbonyl (C=O) groups is 1. The van der Waals surface area contributed by atoms with E-state index in [0.717, 1.165) is 18.5 Å². The average molecular weight is 305 g/mol. The Labute approximate surface area is 122 Å². The molecule has 0 aliphatic carbocycles. The van der Waals surface area contributed by atoms with Gasteiger partial charge in [0, 0.05) is 30.8 Å². The van der Waals surface area contributed by atoms with Crippen molar-refractivity contribution in [2.24, 2.45) is 12.0 Å². The molecule has 0 aromatic carbocycles. The predicted octanol–water partition coefficient (Wildman–Crippen LogP) is 2.91. The van der Waals surface area contributed by atoms with Crippen molar-refractivity contribution < 1.29 is 18.0 Å². The maximum atomic E-state index is 12.4. The zero-order chi connectivity index (χ0) is 16.4. The van der Waals surface area contributed by atoms with Crippen molar-refractivity contribution >= 4 is 5.91 Å². The van der Waals surface area contributed by atoms with Crippen LogP contribution in [-0.4, -0.2) is 21.4 Å². The van der Waals surface area contributed by atoms with Gasteiger partial charge in [-0.2, -0.15) is 18.2 Å². The maximum Gasteiger partial charge on any atom is 0.473 e. The number of halogens is 3. The Morgan fingerprint density at radius 3 is 2.29 bits per heavy atom. The lowest BCUT2D eigenvalue weighted by molar-refractivity contribution is -0.169. The number of amides is 1. The fourth-order valence-corrected chi connectivity index (χ4v) is 2.11. The Bertz CT molecular complexity index is 574. The monoisotopic (exact) mass is 305 g/mol. The van der Waals surface area contributed by atoms with Gasteiger partial charge in [0.1, 0.15) is 0 Å². The lowest BCUT2D eigenvalue weighted by atomic mass is 9.92. The molecule has 1 rings (SSSR count). The molecule has 7 heteroatoms. The van der Waals surface area contributed by atoms with E-state index in [1.165, 1.54) is 0 Å². The number of hydrogen-bond donors (Lipinski definition) is 0.